The normalized spacial score (nSPS) is 17.9. The summed E-state index contributed by atoms with van der Waals surface area (Å²) in [4.78, 5) is 4.72. The summed E-state index contributed by atoms with van der Waals surface area (Å²) in [7, 11) is 0. The van der Waals surface area contributed by atoms with Gasteiger partial charge in [-0.2, -0.15) is 0 Å². The molecule has 0 saturated carbocycles. The first-order valence-electron chi connectivity index (χ1n) is 11.1. The van der Waals surface area contributed by atoms with Gasteiger partial charge in [-0.25, -0.2) is 4.98 Å². The van der Waals surface area contributed by atoms with Gasteiger partial charge in [-0.05, 0) is 79.3 Å². The van der Waals surface area contributed by atoms with Gasteiger partial charge < -0.3 is 4.74 Å². The first-order valence-corrected chi connectivity index (χ1v) is 11.5. The quantitative estimate of drug-likeness (QED) is 0.322. The third-order valence-corrected chi connectivity index (χ3v) is 6.42. The van der Waals surface area contributed by atoms with Crippen molar-refractivity contribution in [1.29, 1.82) is 0 Å². The Hall–Kier alpha value is -2.94. The SMILES string of the molecule is CC1(C)O[C@@H](c2cccc(/C=C/c3ccc4ccc(Cl)cc4n3)c2)CCc2ccccc21. The summed E-state index contributed by atoms with van der Waals surface area (Å²) in [5.41, 5.74) is 6.53. The Morgan fingerprint density at radius 1 is 0.938 bits per heavy atom. The van der Waals surface area contributed by atoms with E-state index in [9.17, 15) is 0 Å². The van der Waals surface area contributed by atoms with E-state index in [0.29, 0.717) is 5.02 Å². The van der Waals surface area contributed by atoms with Gasteiger partial charge in [0.1, 0.15) is 0 Å². The van der Waals surface area contributed by atoms with Crippen molar-refractivity contribution >= 4 is 34.7 Å². The topological polar surface area (TPSA) is 22.1 Å². The van der Waals surface area contributed by atoms with E-state index in [1.807, 2.05) is 30.3 Å². The molecule has 5 rings (SSSR count). The van der Waals surface area contributed by atoms with Gasteiger partial charge in [-0.1, -0.05) is 72.3 Å². The molecule has 0 spiro atoms. The maximum atomic E-state index is 6.64. The first kappa shape index (κ1) is 20.9. The Bertz CT molecular complexity index is 1310. The van der Waals surface area contributed by atoms with Crippen molar-refractivity contribution in [2.75, 3.05) is 0 Å². The van der Waals surface area contributed by atoms with Crippen LogP contribution in [0.5, 0.6) is 0 Å². The average molecular weight is 440 g/mol. The third-order valence-electron chi connectivity index (χ3n) is 6.18. The fraction of sp³-hybridized carbons (Fsp3) is 0.207. The maximum Gasteiger partial charge on any atom is 0.0886 e. The predicted octanol–water partition coefficient (Wildman–Crippen LogP) is 8.00. The van der Waals surface area contributed by atoms with E-state index in [4.69, 9.17) is 21.3 Å². The second-order valence-electron chi connectivity index (χ2n) is 8.89. The van der Waals surface area contributed by atoms with E-state index in [1.54, 1.807) is 0 Å². The minimum atomic E-state index is -0.320. The fourth-order valence-corrected chi connectivity index (χ4v) is 4.73. The summed E-state index contributed by atoms with van der Waals surface area (Å²) >= 11 is 6.13. The summed E-state index contributed by atoms with van der Waals surface area (Å²) in [6, 6.07) is 27.2. The molecule has 4 aromatic rings. The molecule has 0 saturated heterocycles. The molecule has 2 nitrogen and oxygen atoms in total. The third kappa shape index (κ3) is 4.34. The van der Waals surface area contributed by atoms with Crippen LogP contribution in [0.25, 0.3) is 23.1 Å². The lowest BCUT2D eigenvalue weighted by atomic mass is 9.92. The minimum Gasteiger partial charge on any atom is -0.363 e. The highest BCUT2D eigenvalue weighted by atomic mass is 35.5. The largest absolute Gasteiger partial charge is 0.363 e. The Morgan fingerprint density at radius 3 is 2.69 bits per heavy atom. The summed E-state index contributed by atoms with van der Waals surface area (Å²) in [5, 5.41) is 1.79. The molecule has 2 heterocycles. The molecule has 1 aliphatic heterocycles. The van der Waals surface area contributed by atoms with Crippen molar-refractivity contribution in [2.45, 2.75) is 38.4 Å². The minimum absolute atomic E-state index is 0.0617. The number of pyridine rings is 1. The van der Waals surface area contributed by atoms with Crippen LogP contribution in [0.15, 0.2) is 78.9 Å². The summed E-state index contributed by atoms with van der Waals surface area (Å²) in [5.74, 6) is 0. The molecule has 0 amide bonds. The van der Waals surface area contributed by atoms with Crippen LogP contribution >= 0.6 is 11.6 Å². The molecule has 1 atom stereocenters. The lowest BCUT2D eigenvalue weighted by molar-refractivity contribution is -0.0766. The number of aromatic nitrogens is 1. The van der Waals surface area contributed by atoms with Crippen molar-refractivity contribution in [3.05, 3.63) is 112 Å². The zero-order chi connectivity index (χ0) is 22.1. The monoisotopic (exact) mass is 439 g/mol. The Balaban J connectivity index is 1.39. The zero-order valence-electron chi connectivity index (χ0n) is 18.4. The van der Waals surface area contributed by atoms with E-state index in [-0.39, 0.29) is 11.7 Å². The van der Waals surface area contributed by atoms with Crippen LogP contribution in [-0.2, 0) is 16.8 Å². The molecule has 1 aliphatic rings. The van der Waals surface area contributed by atoms with E-state index in [2.05, 4.69) is 74.5 Å². The second kappa shape index (κ2) is 8.54. The van der Waals surface area contributed by atoms with Crippen LogP contribution in [0, 0.1) is 0 Å². The Morgan fingerprint density at radius 2 is 1.78 bits per heavy atom. The van der Waals surface area contributed by atoms with Gasteiger partial charge in [-0.15, -0.1) is 0 Å². The van der Waals surface area contributed by atoms with Crippen molar-refractivity contribution in [3.63, 3.8) is 0 Å². The molecular formula is C29H26ClNO. The Labute approximate surface area is 194 Å². The van der Waals surface area contributed by atoms with Crippen molar-refractivity contribution in [2.24, 2.45) is 0 Å². The fourth-order valence-electron chi connectivity index (χ4n) is 4.57. The van der Waals surface area contributed by atoms with Gasteiger partial charge in [0.2, 0.25) is 0 Å². The van der Waals surface area contributed by atoms with Crippen molar-refractivity contribution in [1.82, 2.24) is 4.98 Å². The predicted molar refractivity (Wildman–Crippen MR) is 134 cm³/mol. The highest BCUT2D eigenvalue weighted by Gasteiger charge is 2.31. The van der Waals surface area contributed by atoms with Crippen LogP contribution < -0.4 is 0 Å². The van der Waals surface area contributed by atoms with Gasteiger partial charge >= 0.3 is 0 Å². The number of aryl methyl sites for hydroxylation is 1. The summed E-state index contributed by atoms with van der Waals surface area (Å²) in [6.07, 6.45) is 6.22. The molecule has 3 heteroatoms. The molecule has 3 aromatic carbocycles. The van der Waals surface area contributed by atoms with Gasteiger partial charge in [-0.3, -0.25) is 0 Å². The molecule has 0 fully saturated rings. The van der Waals surface area contributed by atoms with Gasteiger partial charge in [0, 0.05) is 10.4 Å². The number of fused-ring (bicyclic) bond motifs is 2. The van der Waals surface area contributed by atoms with E-state index in [1.165, 1.54) is 16.7 Å². The molecular weight excluding hydrogens is 414 g/mol. The lowest BCUT2D eigenvalue weighted by Gasteiger charge is -2.30. The molecule has 0 unspecified atom stereocenters. The number of benzene rings is 3. The smallest absolute Gasteiger partial charge is 0.0886 e. The molecule has 0 radical (unpaired) electrons. The highest BCUT2D eigenvalue weighted by molar-refractivity contribution is 6.31. The number of nitrogens with zero attached hydrogens (tertiary/aromatic N) is 1. The number of halogens is 1. The van der Waals surface area contributed by atoms with Crippen LogP contribution in [0.1, 0.15) is 54.3 Å². The van der Waals surface area contributed by atoms with E-state index < -0.39 is 0 Å². The number of rotatable bonds is 3. The number of hydrogen-bond donors (Lipinski definition) is 0. The molecule has 0 bridgehead atoms. The highest BCUT2D eigenvalue weighted by Crippen LogP contribution is 2.39. The van der Waals surface area contributed by atoms with Gasteiger partial charge in [0.05, 0.1) is 22.9 Å². The number of hydrogen-bond acceptors (Lipinski definition) is 2. The van der Waals surface area contributed by atoms with Crippen molar-refractivity contribution < 1.29 is 4.74 Å². The standard InChI is InChI=1S/C29H26ClNO/c1-29(2)26-9-4-3-7-21(26)13-17-28(32-29)23-8-5-6-20(18-23)10-15-25-16-12-22-11-14-24(30)19-27(22)31-25/h3-12,14-16,18-19,28H,13,17H2,1-2H3/b15-10+/t28-/m1/s1. The van der Waals surface area contributed by atoms with Gasteiger partial charge in [0.25, 0.3) is 0 Å². The molecule has 1 aromatic heterocycles. The zero-order valence-corrected chi connectivity index (χ0v) is 19.1. The number of ether oxygens (including phenoxy) is 1. The van der Waals surface area contributed by atoms with Gasteiger partial charge in [0.15, 0.2) is 0 Å². The second-order valence-corrected chi connectivity index (χ2v) is 9.33. The van der Waals surface area contributed by atoms with E-state index in [0.717, 1.165) is 35.0 Å². The van der Waals surface area contributed by atoms with Crippen LogP contribution in [-0.4, -0.2) is 4.98 Å². The molecule has 160 valence electrons. The first-order chi connectivity index (χ1) is 15.5. The van der Waals surface area contributed by atoms with Crippen LogP contribution in [0.2, 0.25) is 5.02 Å². The summed E-state index contributed by atoms with van der Waals surface area (Å²) < 4.78 is 6.64. The maximum absolute atomic E-state index is 6.64. The molecule has 0 N–H and O–H groups in total. The van der Waals surface area contributed by atoms with Crippen LogP contribution in [0.4, 0.5) is 0 Å². The molecule has 0 aliphatic carbocycles. The average Bonchev–Trinajstić information content (AvgIpc) is 2.93. The lowest BCUT2D eigenvalue weighted by Crippen LogP contribution is -2.23. The summed E-state index contributed by atoms with van der Waals surface area (Å²) in [6.45, 7) is 4.34. The Kier molecular flexibility index (Phi) is 5.58. The molecule has 32 heavy (non-hydrogen) atoms. The van der Waals surface area contributed by atoms with Crippen molar-refractivity contribution in [3.8, 4) is 0 Å². The van der Waals surface area contributed by atoms with Crippen LogP contribution in [0.3, 0.4) is 0 Å². The van der Waals surface area contributed by atoms with E-state index >= 15 is 0 Å².